The Morgan fingerprint density at radius 2 is 2.45 bits per heavy atom. The van der Waals surface area contributed by atoms with Crippen molar-refractivity contribution < 1.29 is 4.79 Å². The van der Waals surface area contributed by atoms with Gasteiger partial charge in [-0.05, 0) is 12.3 Å². The first kappa shape index (κ1) is 14.4. The summed E-state index contributed by atoms with van der Waals surface area (Å²) >= 11 is 1.25. The Labute approximate surface area is 122 Å². The molecule has 2 unspecified atom stereocenters. The second-order valence-electron chi connectivity index (χ2n) is 4.81. The second-order valence-corrected chi connectivity index (χ2v) is 5.83. The molecule has 1 aliphatic carbocycles. The largest absolute Gasteiger partial charge is 0.396 e. The zero-order valence-electron chi connectivity index (χ0n) is 11.4. The lowest BCUT2D eigenvalue weighted by molar-refractivity contribution is 0.0963. The molecule has 1 aliphatic rings. The van der Waals surface area contributed by atoms with Gasteiger partial charge in [-0.2, -0.15) is 5.26 Å². The van der Waals surface area contributed by atoms with Crippen LogP contribution in [0.5, 0.6) is 0 Å². The number of thiophene rings is 1. The van der Waals surface area contributed by atoms with Crippen molar-refractivity contribution in [1.29, 1.82) is 5.26 Å². The van der Waals surface area contributed by atoms with Gasteiger partial charge in [0.2, 0.25) is 0 Å². The van der Waals surface area contributed by atoms with Gasteiger partial charge in [0, 0.05) is 12.6 Å². The Hall–Kier alpha value is -2.00. The lowest BCUT2D eigenvalue weighted by atomic mass is 10.2. The van der Waals surface area contributed by atoms with Crippen molar-refractivity contribution in [3.05, 3.63) is 23.1 Å². The van der Waals surface area contributed by atoms with Crippen molar-refractivity contribution in [2.75, 3.05) is 17.6 Å². The molecule has 1 aromatic heterocycles. The maximum atomic E-state index is 12.0. The molecule has 2 rings (SSSR count). The van der Waals surface area contributed by atoms with Gasteiger partial charge in [-0.3, -0.25) is 4.79 Å². The average Bonchev–Trinajstić information content (AvgIpc) is 3.12. The van der Waals surface area contributed by atoms with E-state index in [1.165, 1.54) is 11.3 Å². The number of carbonyl (C=O) groups excluding carboxylic acids is 1. The van der Waals surface area contributed by atoms with Crippen molar-refractivity contribution in [2.45, 2.75) is 25.8 Å². The molecule has 1 heterocycles. The first-order valence-electron chi connectivity index (χ1n) is 6.60. The Bertz CT molecular complexity index is 572. The fraction of sp³-hybridized carbons (Fsp3) is 0.429. The number of nitrogens with zero attached hydrogens (tertiary/aromatic N) is 1. The van der Waals surface area contributed by atoms with Crippen LogP contribution in [0.15, 0.2) is 12.7 Å². The van der Waals surface area contributed by atoms with Crippen molar-refractivity contribution in [3.63, 3.8) is 0 Å². The van der Waals surface area contributed by atoms with E-state index in [4.69, 9.17) is 5.73 Å². The van der Waals surface area contributed by atoms with Crippen LogP contribution in [0.25, 0.3) is 0 Å². The van der Waals surface area contributed by atoms with Crippen LogP contribution in [-0.4, -0.2) is 18.5 Å². The van der Waals surface area contributed by atoms with E-state index in [9.17, 15) is 10.1 Å². The summed E-state index contributed by atoms with van der Waals surface area (Å²) in [7, 11) is 0. The number of nitrogen functional groups attached to an aromatic ring is 1. The number of carbonyl (C=O) groups is 1. The van der Waals surface area contributed by atoms with E-state index in [1.807, 2.05) is 0 Å². The highest BCUT2D eigenvalue weighted by Crippen LogP contribution is 2.41. The predicted molar refractivity (Wildman–Crippen MR) is 81.8 cm³/mol. The van der Waals surface area contributed by atoms with Crippen LogP contribution in [0, 0.1) is 17.2 Å². The van der Waals surface area contributed by atoms with E-state index >= 15 is 0 Å². The van der Waals surface area contributed by atoms with Crippen LogP contribution < -0.4 is 16.4 Å². The first-order chi connectivity index (χ1) is 9.62. The molecule has 0 spiro atoms. The van der Waals surface area contributed by atoms with Crippen molar-refractivity contribution >= 4 is 27.9 Å². The number of hydrogen-bond donors (Lipinski definition) is 3. The van der Waals surface area contributed by atoms with E-state index in [0.29, 0.717) is 33.9 Å². The van der Waals surface area contributed by atoms with Gasteiger partial charge < -0.3 is 16.4 Å². The molecular weight excluding hydrogens is 272 g/mol. The normalized spacial score (nSPS) is 20.0. The monoisotopic (exact) mass is 290 g/mol. The van der Waals surface area contributed by atoms with Gasteiger partial charge in [-0.25, -0.2) is 0 Å². The smallest absolute Gasteiger partial charge is 0.263 e. The number of rotatable bonds is 6. The number of nitrogens with two attached hydrogens (primary N) is 1. The molecule has 0 aromatic carbocycles. The van der Waals surface area contributed by atoms with Gasteiger partial charge in [-0.15, -0.1) is 17.9 Å². The average molecular weight is 290 g/mol. The summed E-state index contributed by atoms with van der Waals surface area (Å²) in [4.78, 5) is 12.4. The molecule has 20 heavy (non-hydrogen) atoms. The van der Waals surface area contributed by atoms with Crippen molar-refractivity contribution in [1.82, 2.24) is 5.32 Å². The zero-order chi connectivity index (χ0) is 14.7. The van der Waals surface area contributed by atoms with E-state index in [2.05, 4.69) is 30.2 Å². The Balaban J connectivity index is 2.18. The third-order valence-electron chi connectivity index (χ3n) is 3.43. The van der Waals surface area contributed by atoms with Crippen LogP contribution in [0.2, 0.25) is 0 Å². The molecule has 0 radical (unpaired) electrons. The van der Waals surface area contributed by atoms with Gasteiger partial charge in [0.05, 0.1) is 5.69 Å². The summed E-state index contributed by atoms with van der Waals surface area (Å²) in [5.74, 6) is 0.391. The highest BCUT2D eigenvalue weighted by Gasteiger charge is 2.36. The lowest BCUT2D eigenvalue weighted by Gasteiger charge is -2.02. The van der Waals surface area contributed by atoms with Crippen LogP contribution in [0.3, 0.4) is 0 Å². The molecule has 1 aromatic rings. The van der Waals surface area contributed by atoms with Gasteiger partial charge in [0.25, 0.3) is 5.91 Å². The molecule has 0 saturated heterocycles. The molecule has 1 saturated carbocycles. The van der Waals surface area contributed by atoms with Gasteiger partial charge in [0.1, 0.15) is 21.5 Å². The van der Waals surface area contributed by atoms with Gasteiger partial charge >= 0.3 is 0 Å². The van der Waals surface area contributed by atoms with Crippen LogP contribution >= 0.6 is 11.3 Å². The SMILES string of the molecule is C=CCNC(=O)c1sc(NC2CC2CC)c(C#N)c1N. The molecule has 5 nitrogen and oxygen atoms in total. The minimum Gasteiger partial charge on any atom is -0.396 e. The number of anilines is 2. The number of hydrogen-bond acceptors (Lipinski definition) is 5. The topological polar surface area (TPSA) is 90.9 Å². The zero-order valence-corrected chi connectivity index (χ0v) is 12.2. The summed E-state index contributed by atoms with van der Waals surface area (Å²) < 4.78 is 0. The molecule has 106 valence electrons. The second kappa shape index (κ2) is 5.97. The number of nitrogens with one attached hydrogen (secondary N) is 2. The molecule has 1 amide bonds. The number of amides is 1. The summed E-state index contributed by atoms with van der Waals surface area (Å²) in [5.41, 5.74) is 6.55. The summed E-state index contributed by atoms with van der Waals surface area (Å²) in [5, 5.41) is 15.9. The fourth-order valence-corrected chi connectivity index (χ4v) is 3.16. The van der Waals surface area contributed by atoms with E-state index in [0.717, 1.165) is 12.8 Å². The van der Waals surface area contributed by atoms with E-state index in [1.54, 1.807) is 6.08 Å². The molecule has 1 fully saturated rings. The highest BCUT2D eigenvalue weighted by atomic mass is 32.1. The maximum Gasteiger partial charge on any atom is 0.263 e. The van der Waals surface area contributed by atoms with Crippen LogP contribution in [-0.2, 0) is 0 Å². The van der Waals surface area contributed by atoms with Crippen molar-refractivity contribution in [3.8, 4) is 6.07 Å². The molecule has 2 atom stereocenters. The highest BCUT2D eigenvalue weighted by molar-refractivity contribution is 7.19. The minimum atomic E-state index is -0.264. The van der Waals surface area contributed by atoms with Gasteiger partial charge in [0.15, 0.2) is 0 Å². The predicted octanol–water partition coefficient (Wildman–Crippen LogP) is 2.33. The van der Waals surface area contributed by atoms with Crippen molar-refractivity contribution in [2.24, 2.45) is 5.92 Å². The molecule has 6 heteroatoms. The Morgan fingerprint density at radius 3 is 3.00 bits per heavy atom. The van der Waals surface area contributed by atoms with Gasteiger partial charge in [-0.1, -0.05) is 19.4 Å². The maximum absolute atomic E-state index is 12.0. The minimum absolute atomic E-state index is 0.260. The molecule has 0 bridgehead atoms. The Kier molecular flexibility index (Phi) is 4.30. The lowest BCUT2D eigenvalue weighted by Crippen LogP contribution is -2.23. The number of nitriles is 1. The van der Waals surface area contributed by atoms with Crippen LogP contribution in [0.1, 0.15) is 35.0 Å². The van der Waals surface area contributed by atoms with Crippen LogP contribution in [0.4, 0.5) is 10.7 Å². The first-order valence-corrected chi connectivity index (χ1v) is 7.42. The summed E-state index contributed by atoms with van der Waals surface area (Å²) in [6.45, 7) is 6.07. The summed E-state index contributed by atoms with van der Waals surface area (Å²) in [6, 6.07) is 2.48. The van der Waals surface area contributed by atoms with E-state index < -0.39 is 0 Å². The quantitative estimate of drug-likeness (QED) is 0.701. The standard InChI is InChI=1S/C14H18N4OS/c1-3-5-17-13(19)12-11(16)9(7-15)14(20-12)18-10-6-8(10)4-2/h3,8,10,18H,1,4-6,16H2,2H3,(H,17,19). The molecule has 0 aliphatic heterocycles. The fourth-order valence-electron chi connectivity index (χ4n) is 2.11. The summed E-state index contributed by atoms with van der Waals surface area (Å²) in [6.07, 6.45) is 3.83. The molecular formula is C14H18N4OS. The Morgan fingerprint density at radius 1 is 1.70 bits per heavy atom. The van der Waals surface area contributed by atoms with E-state index in [-0.39, 0.29) is 11.6 Å². The third kappa shape index (κ3) is 2.78. The molecule has 4 N–H and O–H groups in total. The third-order valence-corrected chi connectivity index (χ3v) is 4.57.